The molecule has 0 amide bonds. The molecule has 4 nitrogen and oxygen atoms in total. The minimum atomic E-state index is -4.39. The van der Waals surface area contributed by atoms with Gasteiger partial charge in [0.25, 0.3) is 0 Å². The molecule has 0 bridgehead atoms. The van der Waals surface area contributed by atoms with Crippen molar-refractivity contribution in [3.05, 3.63) is 46.8 Å². The number of hydrogen-bond donors (Lipinski definition) is 1. The zero-order chi connectivity index (χ0) is 17.2. The lowest BCUT2D eigenvalue weighted by molar-refractivity contribution is -0.137. The van der Waals surface area contributed by atoms with Crippen molar-refractivity contribution in [2.24, 2.45) is 0 Å². The summed E-state index contributed by atoms with van der Waals surface area (Å²) in [4.78, 5) is 1.71. The minimum Gasteiger partial charge on any atom is -0.361 e. The number of halogens is 3. The maximum atomic E-state index is 12.7. The summed E-state index contributed by atoms with van der Waals surface area (Å²) >= 11 is 5.24. The van der Waals surface area contributed by atoms with Crippen LogP contribution in [-0.2, 0) is 12.7 Å². The second-order valence-corrected chi connectivity index (χ2v) is 5.55. The summed E-state index contributed by atoms with van der Waals surface area (Å²) in [5.74, 6) is 0.691. The number of rotatable bonds is 3. The van der Waals surface area contributed by atoms with Crippen molar-refractivity contribution >= 4 is 23.0 Å². The van der Waals surface area contributed by atoms with E-state index in [0.29, 0.717) is 17.4 Å². The number of nitrogens with one attached hydrogen (secondary N) is 1. The highest BCUT2D eigenvalue weighted by Crippen LogP contribution is 2.30. The van der Waals surface area contributed by atoms with Crippen LogP contribution < -0.4 is 5.32 Å². The van der Waals surface area contributed by atoms with Crippen LogP contribution in [0.15, 0.2) is 28.8 Å². The molecule has 124 valence electrons. The molecule has 1 heterocycles. The number of anilines is 1. The van der Waals surface area contributed by atoms with Gasteiger partial charge in [0.2, 0.25) is 0 Å². The maximum Gasteiger partial charge on any atom is 0.416 e. The van der Waals surface area contributed by atoms with Crippen LogP contribution in [0.3, 0.4) is 0 Å². The molecule has 0 unspecified atom stereocenters. The highest BCUT2D eigenvalue weighted by atomic mass is 32.1. The van der Waals surface area contributed by atoms with Gasteiger partial charge in [-0.15, -0.1) is 0 Å². The number of benzene rings is 1. The molecule has 0 atom stereocenters. The Balaban J connectivity index is 2.07. The van der Waals surface area contributed by atoms with E-state index in [-0.39, 0.29) is 5.69 Å². The Labute approximate surface area is 137 Å². The predicted molar refractivity (Wildman–Crippen MR) is 85.1 cm³/mol. The van der Waals surface area contributed by atoms with Crippen molar-refractivity contribution in [1.82, 2.24) is 10.1 Å². The topological polar surface area (TPSA) is 41.3 Å². The molecule has 1 N–H and O–H groups in total. The van der Waals surface area contributed by atoms with Crippen molar-refractivity contribution in [2.75, 3.05) is 12.4 Å². The highest BCUT2D eigenvalue weighted by molar-refractivity contribution is 7.80. The lowest BCUT2D eigenvalue weighted by Crippen LogP contribution is -2.31. The van der Waals surface area contributed by atoms with E-state index in [9.17, 15) is 13.2 Å². The summed E-state index contributed by atoms with van der Waals surface area (Å²) in [5.41, 5.74) is 1.23. The molecule has 0 aliphatic carbocycles. The van der Waals surface area contributed by atoms with Crippen LogP contribution in [0.1, 0.15) is 22.6 Å². The van der Waals surface area contributed by atoms with Gasteiger partial charge in [0.1, 0.15) is 5.76 Å². The fraction of sp³-hybridized carbons (Fsp3) is 0.333. The molecule has 2 aromatic rings. The van der Waals surface area contributed by atoms with Crippen LogP contribution in [0, 0.1) is 13.8 Å². The maximum absolute atomic E-state index is 12.7. The van der Waals surface area contributed by atoms with Gasteiger partial charge in [0.05, 0.1) is 17.8 Å². The predicted octanol–water partition coefficient (Wildman–Crippen LogP) is 4.14. The van der Waals surface area contributed by atoms with Gasteiger partial charge in [0, 0.05) is 18.3 Å². The second-order valence-electron chi connectivity index (χ2n) is 5.17. The van der Waals surface area contributed by atoms with E-state index < -0.39 is 11.7 Å². The monoisotopic (exact) mass is 343 g/mol. The smallest absolute Gasteiger partial charge is 0.361 e. The van der Waals surface area contributed by atoms with E-state index in [1.54, 1.807) is 18.9 Å². The summed E-state index contributed by atoms with van der Waals surface area (Å²) in [5, 5.41) is 6.98. The Bertz CT molecular complexity index is 693. The van der Waals surface area contributed by atoms with E-state index in [1.165, 1.54) is 12.1 Å². The standard InChI is InChI=1S/C15H16F3N3OS/c1-9-13(10(2)22-20-9)8-21(3)14(23)19-12-6-4-5-11(7-12)15(16,17)18/h4-7H,8H2,1-3H3,(H,19,23). The highest BCUT2D eigenvalue weighted by Gasteiger charge is 2.30. The lowest BCUT2D eigenvalue weighted by atomic mass is 10.2. The number of alkyl halides is 3. The molecule has 0 spiro atoms. The fourth-order valence-corrected chi connectivity index (χ4v) is 2.21. The number of hydrogen-bond acceptors (Lipinski definition) is 3. The van der Waals surface area contributed by atoms with Crippen LogP contribution in [0.4, 0.5) is 18.9 Å². The molecule has 1 aromatic heterocycles. The summed E-state index contributed by atoms with van der Waals surface area (Å²) in [6.45, 7) is 4.07. The van der Waals surface area contributed by atoms with Crippen LogP contribution in [-0.4, -0.2) is 22.2 Å². The average molecular weight is 343 g/mol. The molecule has 8 heteroatoms. The van der Waals surface area contributed by atoms with Crippen LogP contribution in [0.5, 0.6) is 0 Å². The summed E-state index contributed by atoms with van der Waals surface area (Å²) < 4.78 is 43.2. The van der Waals surface area contributed by atoms with Crippen LogP contribution in [0.2, 0.25) is 0 Å². The fourth-order valence-electron chi connectivity index (χ4n) is 2.03. The van der Waals surface area contributed by atoms with Gasteiger partial charge in [-0.2, -0.15) is 13.2 Å². The normalized spacial score (nSPS) is 11.4. The number of aryl methyl sites for hydroxylation is 2. The average Bonchev–Trinajstić information content (AvgIpc) is 2.78. The van der Waals surface area contributed by atoms with Crippen molar-refractivity contribution < 1.29 is 17.7 Å². The molecule has 0 radical (unpaired) electrons. The SMILES string of the molecule is Cc1noc(C)c1CN(C)C(=S)Nc1cccc(C(F)(F)F)c1. The molecular formula is C15H16F3N3OS. The van der Waals surface area contributed by atoms with Crippen molar-refractivity contribution in [1.29, 1.82) is 0 Å². The molecule has 1 aromatic carbocycles. The van der Waals surface area contributed by atoms with Crippen molar-refractivity contribution in [2.45, 2.75) is 26.6 Å². The Morgan fingerprint density at radius 3 is 2.61 bits per heavy atom. The summed E-state index contributed by atoms with van der Waals surface area (Å²) in [6.07, 6.45) is -4.39. The van der Waals surface area contributed by atoms with Gasteiger partial charge >= 0.3 is 6.18 Å². The van der Waals surface area contributed by atoms with Gasteiger partial charge in [-0.1, -0.05) is 11.2 Å². The molecule has 0 saturated heterocycles. The van der Waals surface area contributed by atoms with Crippen molar-refractivity contribution in [3.8, 4) is 0 Å². The summed E-state index contributed by atoms with van der Waals surface area (Å²) in [7, 11) is 1.74. The number of nitrogens with zero attached hydrogens (tertiary/aromatic N) is 2. The third kappa shape index (κ3) is 4.22. The van der Waals surface area contributed by atoms with Crippen molar-refractivity contribution in [3.63, 3.8) is 0 Å². The van der Waals surface area contributed by atoms with E-state index in [0.717, 1.165) is 23.4 Å². The zero-order valence-electron chi connectivity index (χ0n) is 12.9. The van der Waals surface area contributed by atoms with Gasteiger partial charge in [-0.25, -0.2) is 0 Å². The van der Waals surface area contributed by atoms with E-state index in [4.69, 9.17) is 16.7 Å². The molecule has 23 heavy (non-hydrogen) atoms. The number of thiocarbonyl (C=S) groups is 1. The van der Waals surface area contributed by atoms with E-state index in [1.807, 2.05) is 6.92 Å². The van der Waals surface area contributed by atoms with Gasteiger partial charge < -0.3 is 14.7 Å². The molecule has 0 aliphatic rings. The first-order valence-corrected chi connectivity index (χ1v) is 7.20. The Morgan fingerprint density at radius 2 is 2.04 bits per heavy atom. The third-order valence-electron chi connectivity index (χ3n) is 3.36. The molecule has 2 rings (SSSR count). The quantitative estimate of drug-likeness (QED) is 0.849. The molecule has 0 saturated carbocycles. The van der Waals surface area contributed by atoms with Gasteiger partial charge in [0.15, 0.2) is 5.11 Å². The molecule has 0 aliphatic heterocycles. The van der Waals surface area contributed by atoms with Crippen LogP contribution in [0.25, 0.3) is 0 Å². The largest absolute Gasteiger partial charge is 0.416 e. The first-order chi connectivity index (χ1) is 10.7. The van der Waals surface area contributed by atoms with Gasteiger partial charge in [-0.05, 0) is 44.3 Å². The zero-order valence-corrected chi connectivity index (χ0v) is 13.7. The van der Waals surface area contributed by atoms with Gasteiger partial charge in [-0.3, -0.25) is 0 Å². The molecule has 0 fully saturated rings. The Kier molecular flexibility index (Phi) is 4.93. The Morgan fingerprint density at radius 1 is 1.35 bits per heavy atom. The second kappa shape index (κ2) is 6.57. The van der Waals surface area contributed by atoms with Crippen LogP contribution >= 0.6 is 12.2 Å². The molecular weight excluding hydrogens is 327 g/mol. The minimum absolute atomic E-state index is 0.287. The first kappa shape index (κ1) is 17.3. The third-order valence-corrected chi connectivity index (χ3v) is 3.78. The van der Waals surface area contributed by atoms with E-state index >= 15 is 0 Å². The van der Waals surface area contributed by atoms with E-state index in [2.05, 4.69) is 10.5 Å². The lowest BCUT2D eigenvalue weighted by Gasteiger charge is -2.21. The number of aromatic nitrogens is 1. The summed E-state index contributed by atoms with van der Waals surface area (Å²) in [6, 6.07) is 4.91. The first-order valence-electron chi connectivity index (χ1n) is 6.79. The Hall–Kier alpha value is -2.09.